The van der Waals surface area contributed by atoms with Gasteiger partial charge in [0.1, 0.15) is 11.5 Å². The van der Waals surface area contributed by atoms with Gasteiger partial charge in [0, 0.05) is 39.5 Å². The Morgan fingerprint density at radius 3 is 2.32 bits per heavy atom. The summed E-state index contributed by atoms with van der Waals surface area (Å²) in [5, 5.41) is 6.08. The van der Waals surface area contributed by atoms with Gasteiger partial charge in [-0.25, -0.2) is 0 Å². The van der Waals surface area contributed by atoms with Crippen LogP contribution in [0.4, 0.5) is 0 Å². The number of hydrogen-bond acceptors (Lipinski definition) is 5. The number of rotatable bonds is 9. The largest absolute Gasteiger partial charge is 0.461 e. The Balaban J connectivity index is 1.56. The fraction of sp³-hybridized carbons (Fsp3) is 0.323. The van der Waals surface area contributed by atoms with Crippen LogP contribution in [0.5, 0.6) is 0 Å². The summed E-state index contributed by atoms with van der Waals surface area (Å²) >= 11 is 0. The molecule has 1 fully saturated rings. The molecular formula is C31H32N2O4. The highest BCUT2D eigenvalue weighted by Crippen LogP contribution is 2.32. The van der Waals surface area contributed by atoms with Crippen LogP contribution in [0.3, 0.4) is 0 Å². The van der Waals surface area contributed by atoms with E-state index in [9.17, 15) is 9.59 Å². The van der Waals surface area contributed by atoms with Crippen LogP contribution in [0.2, 0.25) is 0 Å². The predicted octanol–water partition coefficient (Wildman–Crippen LogP) is 7.70. The van der Waals surface area contributed by atoms with E-state index in [0.29, 0.717) is 40.7 Å². The van der Waals surface area contributed by atoms with Crippen LogP contribution in [0.15, 0.2) is 76.7 Å². The molecule has 1 aliphatic rings. The highest BCUT2D eigenvalue weighted by atomic mass is 16.6. The van der Waals surface area contributed by atoms with Crippen molar-refractivity contribution in [2.45, 2.75) is 58.9 Å². The SMILES string of the molecule is C=C(C)O/N=C(\CC1CCCCC1)C(=O)c1ccc2c(c1)c1cc(C(=O)c3ccco3)ccc1n2CC. The molecule has 0 atom stereocenters. The van der Waals surface area contributed by atoms with Crippen LogP contribution in [0, 0.1) is 5.92 Å². The Morgan fingerprint density at radius 1 is 1.03 bits per heavy atom. The fourth-order valence-electron chi connectivity index (χ4n) is 5.41. The zero-order valence-electron chi connectivity index (χ0n) is 21.5. The maximum absolute atomic E-state index is 13.7. The number of furan rings is 1. The van der Waals surface area contributed by atoms with E-state index in [4.69, 9.17) is 9.25 Å². The second-order valence-electron chi connectivity index (χ2n) is 9.88. The van der Waals surface area contributed by atoms with E-state index < -0.39 is 0 Å². The summed E-state index contributed by atoms with van der Waals surface area (Å²) < 4.78 is 7.52. The molecule has 4 aromatic rings. The third-order valence-corrected chi connectivity index (χ3v) is 7.23. The summed E-state index contributed by atoms with van der Waals surface area (Å²) in [6, 6.07) is 14.8. The molecule has 0 saturated heterocycles. The average Bonchev–Trinajstić information content (AvgIpc) is 3.56. The zero-order chi connectivity index (χ0) is 25.9. The number of carbonyl (C=O) groups excluding carboxylic acids is 2. The number of oxime groups is 1. The van der Waals surface area contributed by atoms with E-state index in [1.54, 1.807) is 19.1 Å². The van der Waals surface area contributed by atoms with E-state index in [2.05, 4.69) is 23.2 Å². The minimum absolute atomic E-state index is 0.131. The zero-order valence-corrected chi connectivity index (χ0v) is 21.5. The van der Waals surface area contributed by atoms with Crippen LogP contribution >= 0.6 is 0 Å². The summed E-state index contributed by atoms with van der Waals surface area (Å²) in [6.45, 7) is 8.33. The first-order valence-corrected chi connectivity index (χ1v) is 13.0. The maximum Gasteiger partial charge on any atom is 0.228 e. The fourth-order valence-corrected chi connectivity index (χ4v) is 5.41. The minimum Gasteiger partial charge on any atom is -0.461 e. The van der Waals surface area contributed by atoms with Gasteiger partial charge in [0.05, 0.1) is 6.26 Å². The molecule has 6 heteroatoms. The number of carbonyl (C=O) groups is 2. The lowest BCUT2D eigenvalue weighted by molar-refractivity contribution is 0.101. The minimum atomic E-state index is -0.171. The Kier molecular flexibility index (Phi) is 7.08. The molecule has 1 saturated carbocycles. The molecular weight excluding hydrogens is 464 g/mol. The molecule has 0 spiro atoms. The van der Waals surface area contributed by atoms with Gasteiger partial charge < -0.3 is 13.8 Å². The van der Waals surface area contributed by atoms with E-state index in [-0.39, 0.29) is 11.6 Å². The number of hydrogen-bond donors (Lipinski definition) is 0. The monoisotopic (exact) mass is 496 g/mol. The maximum atomic E-state index is 13.7. The van der Waals surface area contributed by atoms with Crippen molar-refractivity contribution < 1.29 is 18.8 Å². The first-order valence-electron chi connectivity index (χ1n) is 13.0. The van der Waals surface area contributed by atoms with Crippen molar-refractivity contribution in [1.29, 1.82) is 0 Å². The molecule has 0 unspecified atom stereocenters. The van der Waals surface area contributed by atoms with Gasteiger partial charge in [-0.1, -0.05) is 43.8 Å². The van der Waals surface area contributed by atoms with Gasteiger partial charge in [-0.05, 0) is 74.7 Å². The molecule has 1 aliphatic carbocycles. The molecule has 6 nitrogen and oxygen atoms in total. The molecule has 190 valence electrons. The van der Waals surface area contributed by atoms with Gasteiger partial charge >= 0.3 is 0 Å². The van der Waals surface area contributed by atoms with Gasteiger partial charge in [-0.15, -0.1) is 0 Å². The molecule has 0 radical (unpaired) electrons. The second kappa shape index (κ2) is 10.6. The molecule has 37 heavy (non-hydrogen) atoms. The summed E-state index contributed by atoms with van der Waals surface area (Å²) in [7, 11) is 0. The number of benzene rings is 2. The van der Waals surface area contributed by atoms with Crippen molar-refractivity contribution in [2.75, 3.05) is 0 Å². The second-order valence-corrected chi connectivity index (χ2v) is 9.88. The van der Waals surface area contributed by atoms with Crippen molar-refractivity contribution in [3.63, 3.8) is 0 Å². The summed E-state index contributed by atoms with van der Waals surface area (Å²) in [4.78, 5) is 32.0. The molecule has 0 amide bonds. The molecule has 0 aliphatic heterocycles. The molecule has 2 aromatic carbocycles. The molecule has 0 bridgehead atoms. The van der Waals surface area contributed by atoms with Crippen LogP contribution in [0.25, 0.3) is 21.8 Å². The van der Waals surface area contributed by atoms with Crippen molar-refractivity contribution in [2.24, 2.45) is 11.1 Å². The first-order chi connectivity index (χ1) is 18.0. The Labute approximate surface area is 216 Å². The first kappa shape index (κ1) is 24.8. The lowest BCUT2D eigenvalue weighted by Gasteiger charge is -2.21. The number of fused-ring (bicyclic) bond motifs is 3. The van der Waals surface area contributed by atoms with E-state index in [1.807, 2.05) is 36.4 Å². The Hall–Kier alpha value is -3.93. The highest BCUT2D eigenvalue weighted by molar-refractivity contribution is 6.46. The van der Waals surface area contributed by atoms with Crippen molar-refractivity contribution in [3.8, 4) is 0 Å². The van der Waals surface area contributed by atoms with Crippen LogP contribution in [0.1, 0.15) is 78.8 Å². The third-order valence-electron chi connectivity index (χ3n) is 7.23. The number of allylic oxidation sites excluding steroid dienone is 1. The molecule has 5 rings (SSSR count). The standard InChI is InChI=1S/C31H32N2O4/c1-4-33-27-14-12-22(30(34)26(32-37-20(2)3)17-21-9-6-5-7-10-21)18-24(27)25-19-23(13-15-28(25)33)31(35)29-11-8-16-36-29/h8,11-16,18-19,21H,2,4-7,9-10,17H2,1,3H3/b32-26+. The number of nitrogens with zero attached hydrogens (tertiary/aromatic N) is 2. The molecule has 2 aromatic heterocycles. The van der Waals surface area contributed by atoms with Crippen molar-refractivity contribution in [3.05, 3.63) is 84.0 Å². The van der Waals surface area contributed by atoms with Gasteiger partial charge in [0.2, 0.25) is 11.6 Å². The van der Waals surface area contributed by atoms with E-state index in [1.165, 1.54) is 25.5 Å². The lowest BCUT2D eigenvalue weighted by atomic mass is 9.84. The van der Waals surface area contributed by atoms with Gasteiger partial charge in [0.15, 0.2) is 5.76 Å². The van der Waals surface area contributed by atoms with Crippen LogP contribution in [-0.4, -0.2) is 21.8 Å². The lowest BCUT2D eigenvalue weighted by Crippen LogP contribution is -2.20. The average molecular weight is 497 g/mol. The van der Waals surface area contributed by atoms with E-state index in [0.717, 1.165) is 41.2 Å². The molecule has 0 N–H and O–H groups in total. The number of aromatic nitrogens is 1. The topological polar surface area (TPSA) is 73.8 Å². The van der Waals surface area contributed by atoms with E-state index >= 15 is 0 Å². The van der Waals surface area contributed by atoms with Crippen LogP contribution < -0.4 is 0 Å². The quantitative estimate of drug-likeness (QED) is 0.103. The van der Waals surface area contributed by atoms with Gasteiger partial charge in [-0.3, -0.25) is 9.59 Å². The Morgan fingerprint density at radius 2 is 1.70 bits per heavy atom. The normalized spacial score (nSPS) is 14.8. The van der Waals surface area contributed by atoms with Gasteiger partial charge in [-0.2, -0.15) is 0 Å². The highest BCUT2D eigenvalue weighted by Gasteiger charge is 2.23. The number of Topliss-reactive ketones (excluding diaryl/α,β-unsaturated/α-hetero) is 1. The molecule has 2 heterocycles. The summed E-state index contributed by atoms with van der Waals surface area (Å²) in [5.41, 5.74) is 3.57. The van der Waals surface area contributed by atoms with Crippen molar-refractivity contribution in [1.82, 2.24) is 4.57 Å². The van der Waals surface area contributed by atoms with Crippen LogP contribution in [-0.2, 0) is 11.4 Å². The van der Waals surface area contributed by atoms with Gasteiger partial charge in [0.25, 0.3) is 0 Å². The summed E-state index contributed by atoms with van der Waals surface area (Å²) in [6.07, 6.45) is 7.94. The number of ketones is 2. The third kappa shape index (κ3) is 5.01. The predicted molar refractivity (Wildman–Crippen MR) is 146 cm³/mol. The Bertz CT molecular complexity index is 1500. The number of aryl methyl sites for hydroxylation is 1. The van der Waals surface area contributed by atoms with Crippen molar-refractivity contribution >= 4 is 39.1 Å². The summed E-state index contributed by atoms with van der Waals surface area (Å²) in [5.74, 6) is 0.884. The smallest absolute Gasteiger partial charge is 0.228 e.